The first-order valence-electron chi connectivity index (χ1n) is 8.09. The molecule has 0 radical (unpaired) electrons. The van der Waals surface area contributed by atoms with Crippen LogP contribution in [-0.4, -0.2) is 35.1 Å². The van der Waals surface area contributed by atoms with Gasteiger partial charge in [-0.2, -0.15) is 0 Å². The number of aryl methyl sites for hydroxylation is 1. The van der Waals surface area contributed by atoms with Crippen molar-refractivity contribution in [2.24, 2.45) is 0 Å². The first kappa shape index (κ1) is 17.3. The number of ether oxygens (including phenoxy) is 1. The Morgan fingerprint density at radius 1 is 1.35 bits per heavy atom. The number of nitrogens with zero attached hydrogens (tertiary/aromatic N) is 1. The van der Waals surface area contributed by atoms with E-state index in [1.165, 1.54) is 4.90 Å². The fourth-order valence-electron chi connectivity index (χ4n) is 2.71. The lowest BCUT2D eigenvalue weighted by Gasteiger charge is -2.28. The Morgan fingerprint density at radius 2 is 2.09 bits per heavy atom. The fourth-order valence-corrected chi connectivity index (χ4v) is 2.71. The smallest absolute Gasteiger partial charge is 0.410 e. The molecule has 1 aliphatic rings. The minimum atomic E-state index is -0.553. The topological polar surface area (TPSA) is 58.6 Å². The van der Waals surface area contributed by atoms with Crippen molar-refractivity contribution < 1.29 is 14.3 Å². The minimum Gasteiger partial charge on any atom is -0.444 e. The summed E-state index contributed by atoms with van der Waals surface area (Å²) >= 11 is 0. The summed E-state index contributed by atoms with van der Waals surface area (Å²) in [7, 11) is 0. The zero-order chi connectivity index (χ0) is 17.0. The van der Waals surface area contributed by atoms with Crippen LogP contribution in [0, 0.1) is 6.92 Å². The molecule has 0 bridgehead atoms. The standard InChI is InChI=1S/C18H26N2O3/c1-13-7-5-8-14(11-13)12-19-16(21)15-9-6-10-20(15)17(22)23-18(2,3)4/h5,7-8,11,15H,6,9-10,12H2,1-4H3,(H,19,21)/t15-/m0/s1. The van der Waals surface area contributed by atoms with Crippen LogP contribution in [-0.2, 0) is 16.1 Å². The van der Waals surface area contributed by atoms with Crippen LogP contribution in [0.4, 0.5) is 4.79 Å². The number of carbonyl (C=O) groups excluding carboxylic acids is 2. The lowest BCUT2D eigenvalue weighted by atomic mass is 10.1. The molecule has 1 aromatic rings. The molecule has 1 fully saturated rings. The minimum absolute atomic E-state index is 0.116. The molecule has 23 heavy (non-hydrogen) atoms. The van der Waals surface area contributed by atoms with Crippen molar-refractivity contribution in [3.05, 3.63) is 35.4 Å². The summed E-state index contributed by atoms with van der Waals surface area (Å²) in [6.07, 6.45) is 1.09. The Hall–Kier alpha value is -2.04. The van der Waals surface area contributed by atoms with Gasteiger partial charge in [-0.1, -0.05) is 29.8 Å². The number of hydrogen-bond acceptors (Lipinski definition) is 3. The molecule has 1 saturated heterocycles. The number of rotatable bonds is 3. The van der Waals surface area contributed by atoms with Gasteiger partial charge in [0.15, 0.2) is 0 Å². The Kier molecular flexibility index (Phi) is 5.29. The van der Waals surface area contributed by atoms with Gasteiger partial charge in [0.25, 0.3) is 0 Å². The molecule has 1 atom stereocenters. The van der Waals surface area contributed by atoms with Crippen LogP contribution < -0.4 is 5.32 Å². The second kappa shape index (κ2) is 7.02. The van der Waals surface area contributed by atoms with E-state index < -0.39 is 17.7 Å². The molecule has 0 saturated carbocycles. The lowest BCUT2D eigenvalue weighted by molar-refractivity contribution is -0.125. The number of carbonyl (C=O) groups is 2. The molecule has 1 heterocycles. The van der Waals surface area contributed by atoms with E-state index in [1.807, 2.05) is 52.0 Å². The number of nitrogens with one attached hydrogen (secondary N) is 1. The summed E-state index contributed by atoms with van der Waals surface area (Å²) in [6, 6.07) is 7.58. The van der Waals surface area contributed by atoms with Gasteiger partial charge in [-0.25, -0.2) is 4.79 Å². The molecule has 2 rings (SSSR count). The van der Waals surface area contributed by atoms with E-state index in [2.05, 4.69) is 5.32 Å². The monoisotopic (exact) mass is 318 g/mol. The Labute approximate surface area is 138 Å². The van der Waals surface area contributed by atoms with Crippen molar-refractivity contribution in [2.45, 2.75) is 58.7 Å². The maximum Gasteiger partial charge on any atom is 0.410 e. The van der Waals surface area contributed by atoms with Crippen LogP contribution in [0.5, 0.6) is 0 Å². The molecule has 5 heteroatoms. The molecule has 0 aromatic heterocycles. The number of benzene rings is 1. The summed E-state index contributed by atoms with van der Waals surface area (Å²) in [5.41, 5.74) is 1.66. The van der Waals surface area contributed by atoms with E-state index in [4.69, 9.17) is 4.74 Å². The zero-order valence-corrected chi connectivity index (χ0v) is 14.4. The number of amides is 2. The first-order valence-corrected chi connectivity index (χ1v) is 8.09. The van der Waals surface area contributed by atoms with E-state index >= 15 is 0 Å². The van der Waals surface area contributed by atoms with Crippen LogP contribution in [0.2, 0.25) is 0 Å². The molecule has 0 unspecified atom stereocenters. The van der Waals surface area contributed by atoms with E-state index in [0.717, 1.165) is 17.5 Å². The highest BCUT2D eigenvalue weighted by atomic mass is 16.6. The highest BCUT2D eigenvalue weighted by molar-refractivity contribution is 5.86. The molecule has 2 amide bonds. The average Bonchev–Trinajstić information content (AvgIpc) is 2.92. The van der Waals surface area contributed by atoms with Crippen LogP contribution in [0.25, 0.3) is 0 Å². The normalized spacial score (nSPS) is 17.9. The molecular formula is C18H26N2O3. The fraction of sp³-hybridized carbons (Fsp3) is 0.556. The predicted molar refractivity (Wildman–Crippen MR) is 89.0 cm³/mol. The lowest BCUT2D eigenvalue weighted by Crippen LogP contribution is -2.47. The third-order valence-corrected chi connectivity index (χ3v) is 3.73. The van der Waals surface area contributed by atoms with Crippen molar-refractivity contribution in [2.75, 3.05) is 6.54 Å². The van der Waals surface area contributed by atoms with Crippen LogP contribution >= 0.6 is 0 Å². The quantitative estimate of drug-likeness (QED) is 0.932. The van der Waals surface area contributed by atoms with Gasteiger partial charge in [-0.15, -0.1) is 0 Å². The first-order chi connectivity index (χ1) is 10.8. The largest absolute Gasteiger partial charge is 0.444 e. The van der Waals surface area contributed by atoms with Gasteiger partial charge >= 0.3 is 6.09 Å². The molecule has 126 valence electrons. The van der Waals surface area contributed by atoms with Crippen LogP contribution in [0.15, 0.2) is 24.3 Å². The van der Waals surface area contributed by atoms with E-state index in [-0.39, 0.29) is 5.91 Å². The summed E-state index contributed by atoms with van der Waals surface area (Å²) in [5.74, 6) is -0.116. The second-order valence-electron chi connectivity index (χ2n) is 7.04. The van der Waals surface area contributed by atoms with Crippen LogP contribution in [0.1, 0.15) is 44.7 Å². The van der Waals surface area contributed by atoms with Crippen molar-refractivity contribution in [1.82, 2.24) is 10.2 Å². The maximum absolute atomic E-state index is 12.4. The van der Waals surface area contributed by atoms with Crippen molar-refractivity contribution in [3.8, 4) is 0 Å². The van der Waals surface area contributed by atoms with Gasteiger partial charge in [0.05, 0.1) is 0 Å². The molecule has 1 aliphatic heterocycles. The predicted octanol–water partition coefficient (Wildman–Crippen LogP) is 3.01. The Bertz CT molecular complexity index is 578. The average molecular weight is 318 g/mol. The maximum atomic E-state index is 12.4. The van der Waals surface area contributed by atoms with E-state index in [1.54, 1.807) is 0 Å². The molecule has 0 aliphatic carbocycles. The third-order valence-electron chi connectivity index (χ3n) is 3.73. The van der Waals surface area contributed by atoms with Crippen molar-refractivity contribution in [3.63, 3.8) is 0 Å². The summed E-state index contributed by atoms with van der Waals surface area (Å²) in [6.45, 7) is 8.54. The van der Waals surface area contributed by atoms with Gasteiger partial charge < -0.3 is 10.1 Å². The summed E-state index contributed by atoms with van der Waals surface area (Å²) < 4.78 is 5.39. The molecule has 1 N–H and O–H groups in total. The van der Waals surface area contributed by atoms with Gasteiger partial charge in [0.1, 0.15) is 11.6 Å². The molecule has 0 spiro atoms. The van der Waals surface area contributed by atoms with Gasteiger partial charge in [0, 0.05) is 13.1 Å². The van der Waals surface area contributed by atoms with Gasteiger partial charge in [-0.3, -0.25) is 9.69 Å². The highest BCUT2D eigenvalue weighted by Crippen LogP contribution is 2.21. The summed E-state index contributed by atoms with van der Waals surface area (Å²) in [4.78, 5) is 26.2. The van der Waals surface area contributed by atoms with Gasteiger partial charge in [0.2, 0.25) is 5.91 Å². The Balaban J connectivity index is 1.94. The number of likely N-dealkylation sites (tertiary alicyclic amines) is 1. The SMILES string of the molecule is Cc1cccc(CNC(=O)[C@@H]2CCCN2C(=O)OC(C)(C)C)c1. The third kappa shape index (κ3) is 4.98. The summed E-state index contributed by atoms with van der Waals surface area (Å²) in [5, 5.41) is 2.93. The Morgan fingerprint density at radius 3 is 2.74 bits per heavy atom. The van der Waals surface area contributed by atoms with Crippen LogP contribution in [0.3, 0.4) is 0 Å². The number of hydrogen-bond donors (Lipinski definition) is 1. The van der Waals surface area contributed by atoms with Crippen molar-refractivity contribution in [1.29, 1.82) is 0 Å². The second-order valence-corrected chi connectivity index (χ2v) is 7.04. The van der Waals surface area contributed by atoms with Gasteiger partial charge in [-0.05, 0) is 46.1 Å². The molecule has 1 aromatic carbocycles. The van der Waals surface area contributed by atoms with Crippen molar-refractivity contribution >= 4 is 12.0 Å². The van der Waals surface area contributed by atoms with E-state index in [9.17, 15) is 9.59 Å². The molecular weight excluding hydrogens is 292 g/mol. The highest BCUT2D eigenvalue weighted by Gasteiger charge is 2.36. The molecule has 5 nitrogen and oxygen atoms in total. The van der Waals surface area contributed by atoms with E-state index in [0.29, 0.717) is 19.5 Å². The zero-order valence-electron chi connectivity index (χ0n) is 14.4.